The molecule has 3 atom stereocenters. The summed E-state index contributed by atoms with van der Waals surface area (Å²) in [6.45, 7) is 7.09. The smallest absolute Gasteiger partial charge is 0.239 e. The molecule has 3 unspecified atom stereocenters. The zero-order valence-electron chi connectivity index (χ0n) is 11.6. The van der Waals surface area contributed by atoms with E-state index in [1.807, 2.05) is 11.8 Å². The maximum absolute atomic E-state index is 12.5. The quantitative estimate of drug-likeness (QED) is 0.820. The molecule has 0 aromatic rings. The number of hydrogen-bond donors (Lipinski definition) is 1. The van der Waals surface area contributed by atoms with Crippen LogP contribution in [-0.2, 0) is 4.79 Å². The molecule has 0 bridgehead atoms. The van der Waals surface area contributed by atoms with E-state index in [9.17, 15) is 9.90 Å². The molecule has 18 heavy (non-hydrogen) atoms. The van der Waals surface area contributed by atoms with Crippen molar-refractivity contribution in [3.63, 3.8) is 0 Å². The zero-order valence-corrected chi connectivity index (χ0v) is 11.6. The van der Waals surface area contributed by atoms with Crippen LogP contribution in [0.15, 0.2) is 0 Å². The molecule has 2 fully saturated rings. The predicted molar refractivity (Wildman–Crippen MR) is 71.3 cm³/mol. The van der Waals surface area contributed by atoms with Crippen LogP contribution >= 0.6 is 0 Å². The number of aliphatic hydroxyl groups is 1. The van der Waals surface area contributed by atoms with Crippen LogP contribution in [0, 0.1) is 5.92 Å². The van der Waals surface area contributed by atoms with Crippen molar-refractivity contribution in [2.75, 3.05) is 26.2 Å². The minimum atomic E-state index is -0.0785. The third-order valence-corrected chi connectivity index (χ3v) is 4.64. The SMILES string of the molecule is CC1CCN(C(C)C(=O)N2CCCCC2)C1CO. The van der Waals surface area contributed by atoms with Gasteiger partial charge >= 0.3 is 0 Å². The molecule has 2 aliphatic rings. The predicted octanol–water partition coefficient (Wildman–Crippen LogP) is 1.09. The molecule has 2 aliphatic heterocycles. The van der Waals surface area contributed by atoms with E-state index in [1.54, 1.807) is 0 Å². The van der Waals surface area contributed by atoms with Gasteiger partial charge in [-0.05, 0) is 45.1 Å². The molecule has 0 radical (unpaired) electrons. The topological polar surface area (TPSA) is 43.8 Å². The Labute approximate surface area is 110 Å². The Morgan fingerprint density at radius 3 is 2.56 bits per heavy atom. The second-order valence-electron chi connectivity index (χ2n) is 5.82. The second kappa shape index (κ2) is 6.02. The van der Waals surface area contributed by atoms with E-state index in [2.05, 4.69) is 11.8 Å². The summed E-state index contributed by atoms with van der Waals surface area (Å²) in [5, 5.41) is 9.48. The maximum atomic E-state index is 12.5. The van der Waals surface area contributed by atoms with Crippen molar-refractivity contribution in [2.24, 2.45) is 5.92 Å². The lowest BCUT2D eigenvalue weighted by atomic mass is 10.0. The third-order valence-electron chi connectivity index (χ3n) is 4.64. The van der Waals surface area contributed by atoms with Crippen molar-refractivity contribution in [2.45, 2.75) is 51.6 Å². The van der Waals surface area contributed by atoms with Crippen LogP contribution < -0.4 is 0 Å². The molecule has 1 amide bonds. The van der Waals surface area contributed by atoms with Crippen molar-refractivity contribution in [1.29, 1.82) is 0 Å². The van der Waals surface area contributed by atoms with Gasteiger partial charge in [-0.1, -0.05) is 6.92 Å². The van der Waals surface area contributed by atoms with E-state index < -0.39 is 0 Å². The van der Waals surface area contributed by atoms with Crippen molar-refractivity contribution < 1.29 is 9.90 Å². The van der Waals surface area contributed by atoms with Crippen LogP contribution in [0.5, 0.6) is 0 Å². The van der Waals surface area contributed by atoms with Crippen LogP contribution in [0.4, 0.5) is 0 Å². The number of hydrogen-bond acceptors (Lipinski definition) is 3. The molecule has 2 heterocycles. The molecule has 0 spiro atoms. The fourth-order valence-electron chi connectivity index (χ4n) is 3.32. The normalized spacial score (nSPS) is 31.6. The summed E-state index contributed by atoms with van der Waals surface area (Å²) in [5.41, 5.74) is 0. The number of rotatable bonds is 3. The monoisotopic (exact) mass is 254 g/mol. The van der Waals surface area contributed by atoms with E-state index in [1.165, 1.54) is 6.42 Å². The molecule has 4 heteroatoms. The molecule has 0 aromatic heterocycles. The number of amides is 1. The van der Waals surface area contributed by atoms with Gasteiger partial charge in [-0.3, -0.25) is 9.69 Å². The Morgan fingerprint density at radius 2 is 1.94 bits per heavy atom. The van der Waals surface area contributed by atoms with Gasteiger partial charge in [-0.15, -0.1) is 0 Å². The van der Waals surface area contributed by atoms with Crippen LogP contribution in [0.1, 0.15) is 39.5 Å². The van der Waals surface area contributed by atoms with Crippen LogP contribution in [0.2, 0.25) is 0 Å². The van der Waals surface area contributed by atoms with Gasteiger partial charge in [0.25, 0.3) is 0 Å². The molecular weight excluding hydrogens is 228 g/mol. The minimum absolute atomic E-state index is 0.0785. The lowest BCUT2D eigenvalue weighted by Gasteiger charge is -2.35. The van der Waals surface area contributed by atoms with Gasteiger partial charge < -0.3 is 10.0 Å². The first-order chi connectivity index (χ1) is 8.65. The second-order valence-corrected chi connectivity index (χ2v) is 5.82. The van der Waals surface area contributed by atoms with Gasteiger partial charge in [-0.25, -0.2) is 0 Å². The Balaban J connectivity index is 1.97. The largest absolute Gasteiger partial charge is 0.395 e. The highest BCUT2D eigenvalue weighted by Crippen LogP contribution is 2.26. The number of nitrogens with zero attached hydrogens (tertiary/aromatic N) is 2. The first kappa shape index (κ1) is 13.8. The van der Waals surface area contributed by atoms with Gasteiger partial charge in [0.2, 0.25) is 5.91 Å². The van der Waals surface area contributed by atoms with E-state index in [4.69, 9.17) is 0 Å². The van der Waals surface area contributed by atoms with Crippen molar-refractivity contribution in [3.05, 3.63) is 0 Å². The fourth-order valence-corrected chi connectivity index (χ4v) is 3.32. The lowest BCUT2D eigenvalue weighted by Crippen LogP contribution is -2.51. The lowest BCUT2D eigenvalue weighted by molar-refractivity contribution is -0.138. The average Bonchev–Trinajstić information content (AvgIpc) is 2.79. The van der Waals surface area contributed by atoms with Gasteiger partial charge in [-0.2, -0.15) is 0 Å². The van der Waals surface area contributed by atoms with Gasteiger partial charge in [0.05, 0.1) is 12.6 Å². The van der Waals surface area contributed by atoms with Gasteiger partial charge in [0, 0.05) is 19.1 Å². The standard InChI is InChI=1S/C14H26N2O2/c1-11-6-9-16(13(11)10-17)12(2)14(18)15-7-4-3-5-8-15/h11-13,17H,3-10H2,1-2H3. The summed E-state index contributed by atoms with van der Waals surface area (Å²) in [5.74, 6) is 0.744. The van der Waals surface area contributed by atoms with E-state index in [-0.39, 0.29) is 24.6 Å². The fraction of sp³-hybridized carbons (Fsp3) is 0.929. The molecule has 1 N–H and O–H groups in total. The number of piperidine rings is 1. The average molecular weight is 254 g/mol. The zero-order chi connectivity index (χ0) is 13.1. The molecular formula is C14H26N2O2. The number of likely N-dealkylation sites (tertiary alicyclic amines) is 2. The Hall–Kier alpha value is -0.610. The highest BCUT2D eigenvalue weighted by Gasteiger charge is 2.37. The Bertz CT molecular complexity index is 290. The Kier molecular flexibility index (Phi) is 4.62. The van der Waals surface area contributed by atoms with Crippen LogP contribution in [0.3, 0.4) is 0 Å². The van der Waals surface area contributed by atoms with E-state index in [0.29, 0.717) is 5.92 Å². The summed E-state index contributed by atoms with van der Waals surface area (Å²) in [7, 11) is 0. The first-order valence-corrected chi connectivity index (χ1v) is 7.30. The van der Waals surface area contributed by atoms with Crippen molar-refractivity contribution in [3.8, 4) is 0 Å². The summed E-state index contributed by atoms with van der Waals surface area (Å²) >= 11 is 0. The molecule has 0 aromatic carbocycles. The molecule has 0 saturated carbocycles. The van der Waals surface area contributed by atoms with Crippen molar-refractivity contribution >= 4 is 5.91 Å². The summed E-state index contributed by atoms with van der Waals surface area (Å²) in [6, 6.07) is 0.0824. The van der Waals surface area contributed by atoms with Crippen LogP contribution in [0.25, 0.3) is 0 Å². The van der Waals surface area contributed by atoms with Gasteiger partial charge in [0.1, 0.15) is 0 Å². The van der Waals surface area contributed by atoms with Crippen LogP contribution in [-0.4, -0.2) is 59.1 Å². The number of carbonyl (C=O) groups excluding carboxylic acids is 1. The maximum Gasteiger partial charge on any atom is 0.239 e. The highest BCUT2D eigenvalue weighted by molar-refractivity contribution is 5.81. The number of carbonyl (C=O) groups is 1. The minimum Gasteiger partial charge on any atom is -0.395 e. The summed E-state index contributed by atoms with van der Waals surface area (Å²) in [4.78, 5) is 16.7. The third kappa shape index (κ3) is 2.69. The highest BCUT2D eigenvalue weighted by atomic mass is 16.3. The Morgan fingerprint density at radius 1 is 1.28 bits per heavy atom. The van der Waals surface area contributed by atoms with Crippen molar-refractivity contribution in [1.82, 2.24) is 9.80 Å². The molecule has 0 aliphatic carbocycles. The molecule has 2 saturated heterocycles. The summed E-state index contributed by atoms with van der Waals surface area (Å²) < 4.78 is 0. The summed E-state index contributed by atoms with van der Waals surface area (Å²) in [6.07, 6.45) is 4.61. The van der Waals surface area contributed by atoms with E-state index >= 15 is 0 Å². The molecule has 104 valence electrons. The number of aliphatic hydroxyl groups excluding tert-OH is 1. The first-order valence-electron chi connectivity index (χ1n) is 7.30. The van der Waals surface area contributed by atoms with Gasteiger partial charge in [0.15, 0.2) is 0 Å². The molecule has 4 nitrogen and oxygen atoms in total. The molecule has 2 rings (SSSR count). The van der Waals surface area contributed by atoms with E-state index in [0.717, 1.165) is 38.9 Å².